The van der Waals surface area contributed by atoms with Crippen LogP contribution in [0.15, 0.2) is 15.7 Å². The maximum Gasteiger partial charge on any atom is 0.242 e. The third-order valence-corrected chi connectivity index (χ3v) is 2.66. The Bertz CT molecular complexity index is 329. The van der Waals surface area contributed by atoms with Gasteiger partial charge in [0, 0.05) is 0 Å². The van der Waals surface area contributed by atoms with Crippen LogP contribution >= 0.6 is 15.9 Å². The highest BCUT2D eigenvalue weighted by Crippen LogP contribution is 2.15. The van der Waals surface area contributed by atoms with E-state index in [2.05, 4.69) is 26.1 Å². The number of sulfonamides is 1. The van der Waals surface area contributed by atoms with Crippen LogP contribution in [0.5, 0.6) is 0 Å². The van der Waals surface area contributed by atoms with E-state index in [1.165, 1.54) is 0 Å². The van der Waals surface area contributed by atoms with Crippen molar-refractivity contribution in [2.45, 2.75) is 4.90 Å². The van der Waals surface area contributed by atoms with Gasteiger partial charge >= 0.3 is 0 Å². The van der Waals surface area contributed by atoms with E-state index in [1.54, 1.807) is 0 Å². The molecule has 0 aliphatic carbocycles. The van der Waals surface area contributed by atoms with Crippen molar-refractivity contribution in [1.29, 1.82) is 0 Å². The van der Waals surface area contributed by atoms with Gasteiger partial charge in [-0.25, -0.2) is 13.6 Å². The molecule has 0 aliphatic heterocycles. The molecule has 7 heteroatoms. The van der Waals surface area contributed by atoms with Crippen molar-refractivity contribution in [3.8, 4) is 0 Å². The molecule has 1 heterocycles. The fourth-order valence-corrected chi connectivity index (χ4v) is 1.83. The van der Waals surface area contributed by atoms with Crippen LogP contribution in [-0.4, -0.2) is 18.6 Å². The summed E-state index contributed by atoms with van der Waals surface area (Å²) in [6.07, 6.45) is 1.14. The highest BCUT2D eigenvalue weighted by atomic mass is 79.9. The van der Waals surface area contributed by atoms with Crippen LogP contribution in [0.25, 0.3) is 0 Å². The number of aromatic nitrogens is 2. The Hall–Kier alpha value is -0.400. The monoisotopic (exact) mass is 225 g/mol. The second-order valence-electron chi connectivity index (χ2n) is 1.59. The molecule has 0 saturated carbocycles. The Kier molecular flexibility index (Phi) is 1.80. The van der Waals surface area contributed by atoms with Crippen LogP contribution in [0, 0.1) is 0 Å². The first-order valence-electron chi connectivity index (χ1n) is 2.23. The maximum absolute atomic E-state index is 10.6. The Labute approximate surface area is 65.8 Å². The molecule has 1 rings (SSSR count). The first-order valence-corrected chi connectivity index (χ1v) is 4.57. The third kappa shape index (κ3) is 1.36. The molecule has 3 N–H and O–H groups in total. The molecule has 0 radical (unpaired) electrons. The molecule has 0 saturated heterocycles. The molecule has 1 aromatic heterocycles. The van der Waals surface area contributed by atoms with Gasteiger partial charge in [0.1, 0.15) is 9.50 Å². The number of primary sulfonamides is 1. The molecule has 56 valence electrons. The summed E-state index contributed by atoms with van der Waals surface area (Å²) in [5.74, 6) is 0. The number of hydrogen-bond acceptors (Lipinski definition) is 3. The Morgan fingerprint density at radius 3 is 2.50 bits per heavy atom. The van der Waals surface area contributed by atoms with Crippen molar-refractivity contribution in [2.24, 2.45) is 5.14 Å². The summed E-state index contributed by atoms with van der Waals surface area (Å²) in [4.78, 5) is -0.0347. The average molecular weight is 226 g/mol. The zero-order chi connectivity index (χ0) is 7.78. The Morgan fingerprint density at radius 1 is 1.70 bits per heavy atom. The van der Waals surface area contributed by atoms with Gasteiger partial charge in [0.15, 0.2) is 0 Å². The lowest BCUT2D eigenvalue weighted by molar-refractivity contribution is 0.597. The Balaban J connectivity index is 3.32. The van der Waals surface area contributed by atoms with Gasteiger partial charge in [-0.3, -0.25) is 5.10 Å². The number of nitrogens with two attached hydrogens (primary N) is 1. The van der Waals surface area contributed by atoms with Gasteiger partial charge in [0.25, 0.3) is 0 Å². The molecule has 0 aromatic carbocycles. The number of aromatic amines is 1. The van der Waals surface area contributed by atoms with Crippen molar-refractivity contribution in [2.75, 3.05) is 0 Å². The lowest BCUT2D eigenvalue weighted by atomic mass is 10.7. The minimum Gasteiger partial charge on any atom is -0.270 e. The summed E-state index contributed by atoms with van der Waals surface area (Å²) < 4.78 is 21.5. The van der Waals surface area contributed by atoms with E-state index in [0.717, 1.165) is 6.20 Å². The highest BCUT2D eigenvalue weighted by Gasteiger charge is 2.13. The molecular formula is C3H4BrN3O2S. The van der Waals surface area contributed by atoms with Crippen LogP contribution in [0.3, 0.4) is 0 Å². The van der Waals surface area contributed by atoms with Crippen molar-refractivity contribution in [3.63, 3.8) is 0 Å². The third-order valence-electron chi connectivity index (χ3n) is 0.867. The average Bonchev–Trinajstić information content (AvgIpc) is 2.11. The molecule has 0 unspecified atom stereocenters. The van der Waals surface area contributed by atoms with Crippen molar-refractivity contribution < 1.29 is 8.42 Å². The van der Waals surface area contributed by atoms with E-state index in [4.69, 9.17) is 5.14 Å². The molecule has 1 aromatic rings. The zero-order valence-corrected chi connectivity index (χ0v) is 7.11. The number of rotatable bonds is 1. The van der Waals surface area contributed by atoms with Gasteiger partial charge in [-0.1, -0.05) is 0 Å². The lowest BCUT2D eigenvalue weighted by Crippen LogP contribution is -2.11. The number of hydrogen-bond donors (Lipinski definition) is 2. The number of nitrogens with one attached hydrogen (secondary N) is 1. The highest BCUT2D eigenvalue weighted by molar-refractivity contribution is 9.10. The zero-order valence-electron chi connectivity index (χ0n) is 4.70. The number of halogens is 1. The quantitative estimate of drug-likeness (QED) is 0.695. The van der Waals surface area contributed by atoms with Gasteiger partial charge in [0.2, 0.25) is 10.0 Å². The maximum atomic E-state index is 10.6. The first-order chi connectivity index (χ1) is 4.52. The fraction of sp³-hybridized carbons (Fsp3) is 0. The molecular weight excluding hydrogens is 222 g/mol. The minimum absolute atomic E-state index is 0.0347. The van der Waals surface area contributed by atoms with E-state index in [-0.39, 0.29) is 9.50 Å². The molecule has 0 bridgehead atoms. The standard InChI is InChI=1S/C3H4BrN3O2S/c4-3-2(1-6-7-3)10(5,8)9/h1H,(H,6,7)(H2,5,8,9). The fourth-order valence-electron chi connectivity index (χ4n) is 0.458. The van der Waals surface area contributed by atoms with Gasteiger partial charge in [-0.2, -0.15) is 5.10 Å². The summed E-state index contributed by atoms with van der Waals surface area (Å²) in [6, 6.07) is 0. The van der Waals surface area contributed by atoms with E-state index in [1.807, 2.05) is 0 Å². The summed E-state index contributed by atoms with van der Waals surface area (Å²) in [5, 5.41) is 10.6. The van der Waals surface area contributed by atoms with E-state index >= 15 is 0 Å². The molecule has 0 aliphatic rings. The van der Waals surface area contributed by atoms with Gasteiger partial charge in [-0.05, 0) is 15.9 Å². The summed E-state index contributed by atoms with van der Waals surface area (Å²) in [5.41, 5.74) is 0. The minimum atomic E-state index is -3.63. The van der Waals surface area contributed by atoms with Crippen molar-refractivity contribution in [1.82, 2.24) is 10.2 Å². The number of nitrogens with zero attached hydrogens (tertiary/aromatic N) is 1. The van der Waals surface area contributed by atoms with E-state index < -0.39 is 10.0 Å². The van der Waals surface area contributed by atoms with Crippen molar-refractivity contribution in [3.05, 3.63) is 10.8 Å². The van der Waals surface area contributed by atoms with E-state index in [0.29, 0.717) is 0 Å². The van der Waals surface area contributed by atoms with Gasteiger partial charge < -0.3 is 0 Å². The van der Waals surface area contributed by atoms with Crippen LogP contribution in [0.1, 0.15) is 0 Å². The second kappa shape index (κ2) is 2.33. The molecule has 0 atom stereocenters. The SMILES string of the molecule is NS(=O)(=O)c1cn[nH]c1Br. The largest absolute Gasteiger partial charge is 0.270 e. The van der Waals surface area contributed by atoms with Gasteiger partial charge in [0.05, 0.1) is 6.20 Å². The predicted octanol–water partition coefficient (Wildman–Crippen LogP) is -0.180. The predicted molar refractivity (Wildman–Crippen MR) is 37.7 cm³/mol. The topological polar surface area (TPSA) is 88.8 Å². The smallest absolute Gasteiger partial charge is 0.242 e. The van der Waals surface area contributed by atoms with Crippen LogP contribution < -0.4 is 5.14 Å². The molecule has 0 amide bonds. The number of H-pyrrole nitrogens is 1. The summed E-state index contributed by atoms with van der Waals surface area (Å²) in [6.45, 7) is 0. The van der Waals surface area contributed by atoms with Gasteiger partial charge in [-0.15, -0.1) is 0 Å². The van der Waals surface area contributed by atoms with Crippen LogP contribution in [-0.2, 0) is 10.0 Å². The molecule has 5 nitrogen and oxygen atoms in total. The summed E-state index contributed by atoms with van der Waals surface area (Å²) in [7, 11) is -3.63. The molecule has 0 fully saturated rings. The molecule has 10 heavy (non-hydrogen) atoms. The van der Waals surface area contributed by atoms with E-state index in [9.17, 15) is 8.42 Å². The first kappa shape index (κ1) is 7.70. The lowest BCUT2D eigenvalue weighted by Gasteiger charge is -1.89. The Morgan fingerprint density at radius 2 is 2.30 bits per heavy atom. The van der Waals surface area contributed by atoms with Crippen LogP contribution in [0.4, 0.5) is 0 Å². The normalized spacial score (nSPS) is 11.8. The molecule has 0 spiro atoms. The summed E-state index contributed by atoms with van der Waals surface area (Å²) >= 11 is 2.92. The second-order valence-corrected chi connectivity index (χ2v) is 3.92. The van der Waals surface area contributed by atoms with Crippen LogP contribution in [0.2, 0.25) is 0 Å². The van der Waals surface area contributed by atoms with Crippen molar-refractivity contribution >= 4 is 26.0 Å².